The summed E-state index contributed by atoms with van der Waals surface area (Å²) in [4.78, 5) is 2.35. The summed E-state index contributed by atoms with van der Waals surface area (Å²) in [7, 11) is 4.37. The Hall–Kier alpha value is -1.80. The van der Waals surface area contributed by atoms with E-state index in [1.54, 1.807) is 5.92 Å². The van der Waals surface area contributed by atoms with Crippen molar-refractivity contribution in [2.45, 2.75) is 31.7 Å². The third-order valence-electron chi connectivity index (χ3n) is 4.53. The predicted molar refractivity (Wildman–Crippen MR) is 91.2 cm³/mol. The minimum atomic E-state index is 0.740. The molecule has 115 valence electrons. The van der Waals surface area contributed by atoms with E-state index in [-0.39, 0.29) is 0 Å². The van der Waals surface area contributed by atoms with E-state index in [0.29, 0.717) is 0 Å². The number of benzene rings is 2. The molecule has 0 atom stereocenters. The van der Waals surface area contributed by atoms with E-state index in [1.165, 1.54) is 31.2 Å². The van der Waals surface area contributed by atoms with E-state index in [4.69, 9.17) is 4.74 Å². The van der Waals surface area contributed by atoms with Gasteiger partial charge in [0.05, 0.1) is 0 Å². The van der Waals surface area contributed by atoms with Gasteiger partial charge in [-0.15, -0.1) is 0 Å². The molecule has 2 aromatic carbocycles. The molecule has 1 fully saturated rings. The van der Waals surface area contributed by atoms with Gasteiger partial charge in [-0.05, 0) is 69.6 Å². The minimum Gasteiger partial charge on any atom is -0.457 e. The first-order valence-electron chi connectivity index (χ1n) is 8.07. The molecule has 0 amide bonds. The zero-order valence-electron chi connectivity index (χ0n) is 13.5. The van der Waals surface area contributed by atoms with Crippen LogP contribution < -0.4 is 4.74 Å². The molecule has 3 rings (SSSR count). The summed E-state index contributed by atoms with van der Waals surface area (Å²) in [6.07, 6.45) is 4.96. The van der Waals surface area contributed by atoms with E-state index < -0.39 is 0 Å². The molecule has 1 aliphatic rings. The van der Waals surface area contributed by atoms with Crippen molar-refractivity contribution >= 4 is 0 Å². The van der Waals surface area contributed by atoms with Gasteiger partial charge in [0.15, 0.2) is 0 Å². The van der Waals surface area contributed by atoms with Crippen LogP contribution in [0.4, 0.5) is 0 Å². The fraction of sp³-hybridized carbons (Fsp3) is 0.350. The first-order chi connectivity index (χ1) is 10.7. The quantitative estimate of drug-likeness (QED) is 0.794. The van der Waals surface area contributed by atoms with Crippen molar-refractivity contribution in [2.75, 3.05) is 14.1 Å². The van der Waals surface area contributed by atoms with Gasteiger partial charge < -0.3 is 9.64 Å². The topological polar surface area (TPSA) is 12.5 Å². The molecule has 2 aromatic rings. The van der Waals surface area contributed by atoms with Crippen molar-refractivity contribution in [3.63, 3.8) is 0 Å². The van der Waals surface area contributed by atoms with Crippen molar-refractivity contribution in [3.8, 4) is 11.5 Å². The van der Waals surface area contributed by atoms with E-state index in [0.717, 1.165) is 17.5 Å². The Bertz CT molecular complexity index is 568. The van der Waals surface area contributed by atoms with Gasteiger partial charge in [0.1, 0.15) is 11.5 Å². The summed E-state index contributed by atoms with van der Waals surface area (Å²) in [5.74, 6) is 3.37. The third kappa shape index (κ3) is 3.69. The molecule has 2 heteroatoms. The Morgan fingerprint density at radius 2 is 1.41 bits per heavy atom. The lowest BCUT2D eigenvalue weighted by Gasteiger charge is -2.32. The van der Waals surface area contributed by atoms with Crippen LogP contribution in [0, 0.1) is 5.92 Å². The van der Waals surface area contributed by atoms with Gasteiger partial charge in [-0.2, -0.15) is 0 Å². The van der Waals surface area contributed by atoms with Crippen LogP contribution in [0.2, 0.25) is 0 Å². The van der Waals surface area contributed by atoms with Gasteiger partial charge in [0.25, 0.3) is 0 Å². The lowest BCUT2D eigenvalue weighted by atomic mass is 9.81. The van der Waals surface area contributed by atoms with Gasteiger partial charge in [-0.1, -0.05) is 30.3 Å². The Morgan fingerprint density at radius 1 is 0.818 bits per heavy atom. The van der Waals surface area contributed by atoms with Crippen LogP contribution in [0.3, 0.4) is 0 Å². The maximum absolute atomic E-state index is 5.85. The van der Waals surface area contributed by atoms with E-state index in [9.17, 15) is 0 Å². The molecule has 0 bridgehead atoms. The summed E-state index contributed by atoms with van der Waals surface area (Å²) in [5.41, 5.74) is 1.37. The molecular weight excluding hydrogens is 270 g/mol. The highest BCUT2D eigenvalue weighted by atomic mass is 16.5. The van der Waals surface area contributed by atoms with Gasteiger partial charge in [-0.3, -0.25) is 0 Å². The predicted octanol–water partition coefficient (Wildman–Crippen LogP) is 4.91. The molecule has 1 saturated carbocycles. The minimum absolute atomic E-state index is 0.740. The van der Waals surface area contributed by atoms with Crippen molar-refractivity contribution in [1.82, 2.24) is 4.90 Å². The monoisotopic (exact) mass is 294 g/mol. The highest BCUT2D eigenvalue weighted by molar-refractivity contribution is 5.38. The normalized spacial score (nSPS) is 16.9. The molecule has 0 spiro atoms. The zero-order valence-corrected chi connectivity index (χ0v) is 13.5. The van der Waals surface area contributed by atoms with Crippen LogP contribution in [-0.4, -0.2) is 25.0 Å². The Balaban J connectivity index is 1.60. The third-order valence-corrected chi connectivity index (χ3v) is 4.53. The van der Waals surface area contributed by atoms with Crippen LogP contribution in [0.25, 0.3) is 0 Å². The van der Waals surface area contributed by atoms with Gasteiger partial charge in [-0.25, -0.2) is 0 Å². The van der Waals surface area contributed by atoms with Gasteiger partial charge in [0, 0.05) is 12.0 Å². The maximum atomic E-state index is 5.85. The Kier molecular flexibility index (Phi) is 4.79. The first-order valence-corrected chi connectivity index (χ1v) is 8.07. The molecule has 2 nitrogen and oxygen atoms in total. The molecule has 0 unspecified atom stereocenters. The molecule has 1 radical (unpaired) electrons. The fourth-order valence-corrected chi connectivity index (χ4v) is 3.14. The molecule has 0 aromatic heterocycles. The fourth-order valence-electron chi connectivity index (χ4n) is 3.14. The number of hydrogen-bond acceptors (Lipinski definition) is 2. The molecule has 22 heavy (non-hydrogen) atoms. The molecule has 1 aliphatic carbocycles. The number of para-hydroxylation sites is 1. The average Bonchev–Trinajstić information content (AvgIpc) is 2.57. The first kappa shape index (κ1) is 15.1. The molecule has 0 N–H and O–H groups in total. The SMILES string of the molecule is CN(C)C1CC[C](c2ccc(Oc3ccccc3)cc2)CC1. The van der Waals surface area contributed by atoms with Crippen LogP contribution >= 0.6 is 0 Å². The van der Waals surface area contributed by atoms with Crippen molar-refractivity contribution < 1.29 is 4.74 Å². The van der Waals surface area contributed by atoms with E-state index in [2.05, 4.69) is 43.3 Å². The average molecular weight is 294 g/mol. The van der Waals surface area contributed by atoms with E-state index >= 15 is 0 Å². The van der Waals surface area contributed by atoms with E-state index in [1.807, 2.05) is 30.3 Å². The number of nitrogens with zero attached hydrogens (tertiary/aromatic N) is 1. The number of hydrogen-bond donors (Lipinski definition) is 0. The second kappa shape index (κ2) is 6.97. The Labute approximate surface area is 133 Å². The largest absolute Gasteiger partial charge is 0.457 e. The summed E-state index contributed by atoms with van der Waals surface area (Å²) in [6.45, 7) is 0. The van der Waals surface area contributed by atoms with Crippen LogP contribution in [-0.2, 0) is 0 Å². The smallest absolute Gasteiger partial charge is 0.127 e. The lowest BCUT2D eigenvalue weighted by Crippen LogP contribution is -2.31. The number of rotatable bonds is 4. The second-order valence-electron chi connectivity index (χ2n) is 6.24. The molecule has 0 aliphatic heterocycles. The Morgan fingerprint density at radius 3 is 2.00 bits per heavy atom. The summed E-state index contributed by atoms with van der Waals surface area (Å²) >= 11 is 0. The summed E-state index contributed by atoms with van der Waals surface area (Å²) in [5, 5.41) is 0. The molecule has 0 heterocycles. The highest BCUT2D eigenvalue weighted by Crippen LogP contribution is 2.34. The van der Waals surface area contributed by atoms with Gasteiger partial charge in [0.2, 0.25) is 0 Å². The van der Waals surface area contributed by atoms with Crippen molar-refractivity contribution in [1.29, 1.82) is 0 Å². The summed E-state index contributed by atoms with van der Waals surface area (Å²) < 4.78 is 5.85. The second-order valence-corrected chi connectivity index (χ2v) is 6.24. The lowest BCUT2D eigenvalue weighted by molar-refractivity contribution is 0.240. The highest BCUT2D eigenvalue weighted by Gasteiger charge is 2.23. The van der Waals surface area contributed by atoms with Gasteiger partial charge >= 0.3 is 0 Å². The van der Waals surface area contributed by atoms with Crippen molar-refractivity contribution in [2.24, 2.45) is 0 Å². The zero-order chi connectivity index (χ0) is 15.4. The van der Waals surface area contributed by atoms with Crippen LogP contribution in [0.1, 0.15) is 31.2 Å². The number of ether oxygens (including phenoxy) is 1. The van der Waals surface area contributed by atoms with Crippen LogP contribution in [0.5, 0.6) is 11.5 Å². The maximum Gasteiger partial charge on any atom is 0.127 e. The van der Waals surface area contributed by atoms with Crippen LogP contribution in [0.15, 0.2) is 54.6 Å². The molecule has 0 saturated heterocycles. The standard InChI is InChI=1S/C20H24NO/c1-21(2)18-12-8-16(9-13-18)17-10-14-20(15-11-17)22-19-6-4-3-5-7-19/h3-7,10-11,14-15,18H,8-9,12-13H2,1-2H3. The summed E-state index contributed by atoms with van der Waals surface area (Å²) in [6, 6.07) is 19.2. The molecular formula is C20H24NO. The van der Waals surface area contributed by atoms with Crippen molar-refractivity contribution in [3.05, 3.63) is 66.1 Å².